The van der Waals surface area contributed by atoms with Crippen molar-refractivity contribution in [3.05, 3.63) is 87.2 Å². The van der Waals surface area contributed by atoms with Gasteiger partial charge in [-0.1, -0.05) is 23.7 Å². The molecule has 0 atom stereocenters. The second kappa shape index (κ2) is 9.62. The number of ether oxygens (including phenoxy) is 1. The molecule has 2 N–H and O–H groups in total. The van der Waals surface area contributed by atoms with Gasteiger partial charge in [0.05, 0.1) is 16.9 Å². The molecule has 3 rings (SSSR count). The number of aromatic amines is 1. The van der Waals surface area contributed by atoms with E-state index in [9.17, 15) is 19.2 Å². The average Bonchev–Trinajstić information content (AvgIpc) is 3.06. The van der Waals surface area contributed by atoms with Gasteiger partial charge in [0.2, 0.25) is 5.78 Å². The number of aromatic nitrogens is 1. The summed E-state index contributed by atoms with van der Waals surface area (Å²) in [6.45, 7) is 4.27. The third-order valence-corrected chi connectivity index (χ3v) is 5.16. The summed E-state index contributed by atoms with van der Waals surface area (Å²) in [6, 6.07) is 12.6. The highest BCUT2D eigenvalue weighted by molar-refractivity contribution is 6.30. The van der Waals surface area contributed by atoms with Gasteiger partial charge in [-0.25, -0.2) is 4.79 Å². The van der Waals surface area contributed by atoms with Crippen LogP contribution < -0.4 is 5.32 Å². The van der Waals surface area contributed by atoms with Crippen molar-refractivity contribution in [2.75, 3.05) is 11.9 Å². The van der Waals surface area contributed by atoms with Crippen LogP contribution in [0.2, 0.25) is 5.02 Å². The van der Waals surface area contributed by atoms with Gasteiger partial charge < -0.3 is 15.0 Å². The lowest BCUT2D eigenvalue weighted by atomic mass is 10.1. The molecule has 8 heteroatoms. The molecular weight excluding hydrogens is 432 g/mol. The Morgan fingerprint density at radius 1 is 1.00 bits per heavy atom. The molecule has 0 radical (unpaired) electrons. The number of H-pyrrole nitrogens is 1. The molecule has 0 spiro atoms. The second-order valence-electron chi connectivity index (χ2n) is 7.19. The van der Waals surface area contributed by atoms with Crippen LogP contribution in [0.4, 0.5) is 5.69 Å². The molecule has 0 aliphatic rings. The van der Waals surface area contributed by atoms with Gasteiger partial charge in [-0.2, -0.15) is 0 Å². The molecule has 32 heavy (non-hydrogen) atoms. The maximum atomic E-state index is 12.6. The van der Waals surface area contributed by atoms with Crippen molar-refractivity contribution in [1.29, 1.82) is 0 Å². The summed E-state index contributed by atoms with van der Waals surface area (Å²) in [5.41, 5.74) is 2.50. The van der Waals surface area contributed by atoms with E-state index in [0.29, 0.717) is 27.4 Å². The first-order valence-corrected chi connectivity index (χ1v) is 10.1. The number of carbonyl (C=O) groups excluding carboxylic acids is 4. The largest absolute Gasteiger partial charge is 0.454 e. The molecule has 0 aliphatic carbocycles. The van der Waals surface area contributed by atoms with Gasteiger partial charge in [0.25, 0.3) is 5.91 Å². The molecule has 1 aromatic heterocycles. The van der Waals surface area contributed by atoms with Gasteiger partial charge in [0.1, 0.15) is 0 Å². The van der Waals surface area contributed by atoms with E-state index in [4.69, 9.17) is 16.3 Å². The topological polar surface area (TPSA) is 105 Å². The fourth-order valence-electron chi connectivity index (χ4n) is 3.40. The van der Waals surface area contributed by atoms with E-state index in [0.717, 1.165) is 0 Å². The summed E-state index contributed by atoms with van der Waals surface area (Å²) in [4.78, 5) is 52.3. The standard InChI is InChI=1S/C24H21ClN2O5/c1-13-21(15(3)28)14(2)26-22(13)20(29)12-32-24(31)18-6-4-5-7-19(18)27-23(30)16-8-10-17(25)11-9-16/h4-11,26H,12H2,1-3H3,(H,27,30). The van der Waals surface area contributed by atoms with E-state index >= 15 is 0 Å². The van der Waals surface area contributed by atoms with Crippen molar-refractivity contribution in [3.8, 4) is 0 Å². The molecule has 164 valence electrons. The van der Waals surface area contributed by atoms with Crippen molar-refractivity contribution in [2.45, 2.75) is 20.8 Å². The summed E-state index contributed by atoms with van der Waals surface area (Å²) < 4.78 is 5.19. The van der Waals surface area contributed by atoms with E-state index < -0.39 is 24.3 Å². The second-order valence-corrected chi connectivity index (χ2v) is 7.62. The lowest BCUT2D eigenvalue weighted by molar-refractivity contribution is 0.0474. The first kappa shape index (κ1) is 23.0. The Labute approximate surface area is 189 Å². The van der Waals surface area contributed by atoms with Crippen molar-refractivity contribution in [3.63, 3.8) is 0 Å². The molecule has 1 heterocycles. The van der Waals surface area contributed by atoms with Crippen molar-refractivity contribution < 1.29 is 23.9 Å². The number of benzene rings is 2. The van der Waals surface area contributed by atoms with Gasteiger partial charge in [0.15, 0.2) is 12.4 Å². The summed E-state index contributed by atoms with van der Waals surface area (Å²) in [5.74, 6) is -1.81. The minimum absolute atomic E-state index is 0.103. The van der Waals surface area contributed by atoms with Crippen LogP contribution in [0.25, 0.3) is 0 Å². The normalized spacial score (nSPS) is 10.5. The Morgan fingerprint density at radius 3 is 2.28 bits per heavy atom. The van der Waals surface area contributed by atoms with Crippen LogP contribution in [0, 0.1) is 13.8 Å². The van der Waals surface area contributed by atoms with Gasteiger partial charge in [0, 0.05) is 21.8 Å². The molecule has 1 amide bonds. The Morgan fingerprint density at radius 2 is 1.66 bits per heavy atom. The molecule has 0 bridgehead atoms. The third-order valence-electron chi connectivity index (χ3n) is 4.90. The predicted molar refractivity (Wildman–Crippen MR) is 121 cm³/mol. The zero-order chi connectivity index (χ0) is 23.4. The van der Waals surface area contributed by atoms with Crippen LogP contribution in [-0.2, 0) is 4.74 Å². The zero-order valence-corrected chi connectivity index (χ0v) is 18.5. The van der Waals surface area contributed by atoms with Crippen molar-refractivity contribution in [1.82, 2.24) is 4.98 Å². The number of amides is 1. The van der Waals surface area contributed by atoms with Crippen molar-refractivity contribution in [2.24, 2.45) is 0 Å². The fourth-order valence-corrected chi connectivity index (χ4v) is 3.53. The van der Waals surface area contributed by atoms with Gasteiger partial charge in [-0.05, 0) is 62.7 Å². The number of hydrogen-bond donors (Lipinski definition) is 2. The smallest absolute Gasteiger partial charge is 0.340 e. The molecular formula is C24H21ClN2O5. The van der Waals surface area contributed by atoms with E-state index in [1.165, 1.54) is 13.0 Å². The van der Waals surface area contributed by atoms with Crippen LogP contribution in [0.3, 0.4) is 0 Å². The Kier molecular flexibility index (Phi) is 6.90. The molecule has 3 aromatic rings. The minimum Gasteiger partial charge on any atom is -0.454 e. The van der Waals surface area contributed by atoms with E-state index in [-0.39, 0.29) is 22.7 Å². The number of esters is 1. The maximum Gasteiger partial charge on any atom is 0.340 e. The molecule has 2 aromatic carbocycles. The number of anilines is 1. The van der Waals surface area contributed by atoms with Gasteiger partial charge in [-0.15, -0.1) is 0 Å². The summed E-state index contributed by atoms with van der Waals surface area (Å²) >= 11 is 5.84. The molecule has 0 aliphatic heterocycles. The average molecular weight is 453 g/mol. The van der Waals surface area contributed by atoms with Crippen molar-refractivity contribution >= 4 is 40.7 Å². The SMILES string of the molecule is CC(=O)c1c(C)[nH]c(C(=O)COC(=O)c2ccccc2NC(=O)c2ccc(Cl)cc2)c1C. The van der Waals surface area contributed by atoms with Crippen LogP contribution in [0.15, 0.2) is 48.5 Å². The van der Waals surface area contributed by atoms with Crippen LogP contribution in [0.1, 0.15) is 59.7 Å². The first-order chi connectivity index (χ1) is 15.2. The van der Waals surface area contributed by atoms with Gasteiger partial charge >= 0.3 is 5.97 Å². The monoisotopic (exact) mass is 452 g/mol. The Hall–Kier alpha value is -3.71. The highest BCUT2D eigenvalue weighted by atomic mass is 35.5. The number of ketones is 2. The number of hydrogen-bond acceptors (Lipinski definition) is 5. The van der Waals surface area contributed by atoms with E-state index in [2.05, 4.69) is 10.3 Å². The van der Waals surface area contributed by atoms with Crippen LogP contribution >= 0.6 is 11.6 Å². The molecule has 0 saturated carbocycles. The highest BCUT2D eigenvalue weighted by Crippen LogP contribution is 2.21. The summed E-state index contributed by atoms with van der Waals surface area (Å²) in [5, 5.41) is 3.17. The minimum atomic E-state index is -0.766. The van der Waals surface area contributed by atoms with Crippen LogP contribution in [-0.4, -0.2) is 35.0 Å². The third kappa shape index (κ3) is 4.95. The predicted octanol–water partition coefficient (Wildman–Crippen LogP) is 4.78. The quantitative estimate of drug-likeness (QED) is 0.396. The Bertz CT molecular complexity index is 1210. The number of rotatable bonds is 7. The number of nitrogens with one attached hydrogen (secondary N) is 2. The number of aryl methyl sites for hydroxylation is 1. The Balaban J connectivity index is 1.72. The first-order valence-electron chi connectivity index (χ1n) is 9.75. The maximum absolute atomic E-state index is 12.6. The molecule has 0 fully saturated rings. The van der Waals surface area contributed by atoms with Gasteiger partial charge in [-0.3, -0.25) is 14.4 Å². The number of carbonyl (C=O) groups is 4. The molecule has 0 unspecified atom stereocenters. The van der Waals surface area contributed by atoms with Crippen LogP contribution in [0.5, 0.6) is 0 Å². The molecule has 0 saturated heterocycles. The summed E-state index contributed by atoms with van der Waals surface area (Å²) in [6.07, 6.45) is 0. The van der Waals surface area contributed by atoms with E-state index in [1.54, 1.807) is 56.3 Å². The molecule has 7 nitrogen and oxygen atoms in total. The lowest BCUT2D eigenvalue weighted by Gasteiger charge is -2.11. The highest BCUT2D eigenvalue weighted by Gasteiger charge is 2.22. The zero-order valence-electron chi connectivity index (χ0n) is 17.7. The number of Topliss-reactive ketones (excluding diaryl/α,β-unsaturated/α-hetero) is 2. The summed E-state index contributed by atoms with van der Waals surface area (Å²) in [7, 11) is 0. The lowest BCUT2D eigenvalue weighted by Crippen LogP contribution is -2.18. The van der Waals surface area contributed by atoms with E-state index in [1.807, 2.05) is 0 Å². The number of halogens is 1. The fraction of sp³-hybridized carbons (Fsp3) is 0.167. The number of para-hydroxylation sites is 1.